The summed E-state index contributed by atoms with van der Waals surface area (Å²) in [7, 11) is 0. The predicted molar refractivity (Wildman–Crippen MR) is 106 cm³/mol. The molecule has 0 spiro atoms. The molecule has 3 rings (SSSR count). The Labute approximate surface area is 161 Å². The number of benzene rings is 2. The number of rotatable bonds is 8. The third kappa shape index (κ3) is 6.08. The maximum atomic E-state index is 12.4. The van der Waals surface area contributed by atoms with Gasteiger partial charge in [0.2, 0.25) is 0 Å². The highest BCUT2D eigenvalue weighted by molar-refractivity contribution is 5.94. The largest absolute Gasteiger partial charge is 0.494 e. The number of carbonyl (C=O) groups is 1. The van der Waals surface area contributed by atoms with Crippen LogP contribution in [0.25, 0.3) is 0 Å². The summed E-state index contributed by atoms with van der Waals surface area (Å²) in [6, 6.07) is 15.7. The summed E-state index contributed by atoms with van der Waals surface area (Å²) in [6.07, 6.45) is 0.965. The van der Waals surface area contributed by atoms with E-state index in [2.05, 4.69) is 35.3 Å². The minimum atomic E-state index is -0.0735. The molecule has 1 aliphatic rings. The van der Waals surface area contributed by atoms with Crippen molar-refractivity contribution in [1.82, 2.24) is 10.2 Å². The molecule has 1 heterocycles. The van der Waals surface area contributed by atoms with Gasteiger partial charge < -0.3 is 14.8 Å². The van der Waals surface area contributed by atoms with Crippen LogP contribution >= 0.6 is 0 Å². The third-order valence-corrected chi connectivity index (χ3v) is 4.54. The number of ether oxygens (including phenoxy) is 2. The third-order valence-electron chi connectivity index (χ3n) is 4.54. The van der Waals surface area contributed by atoms with Gasteiger partial charge in [0, 0.05) is 31.7 Å². The SMILES string of the molecule is CCCOc1ccc(C(=O)NCc2cccc(CN3CCOCC3)c2)cc1. The van der Waals surface area contributed by atoms with Gasteiger partial charge in [-0.3, -0.25) is 9.69 Å². The van der Waals surface area contributed by atoms with Crippen molar-refractivity contribution in [1.29, 1.82) is 0 Å². The second-order valence-corrected chi connectivity index (χ2v) is 6.76. The van der Waals surface area contributed by atoms with Crippen molar-refractivity contribution < 1.29 is 14.3 Å². The topological polar surface area (TPSA) is 50.8 Å². The molecule has 2 aromatic carbocycles. The Bertz CT molecular complexity index is 725. The fourth-order valence-electron chi connectivity index (χ4n) is 3.06. The molecule has 1 aliphatic heterocycles. The highest BCUT2D eigenvalue weighted by Gasteiger charge is 2.11. The summed E-state index contributed by atoms with van der Waals surface area (Å²) in [5, 5.41) is 3.00. The first kappa shape index (κ1) is 19.4. The maximum Gasteiger partial charge on any atom is 0.251 e. The van der Waals surface area contributed by atoms with Crippen LogP contribution in [0.2, 0.25) is 0 Å². The molecule has 0 bridgehead atoms. The highest BCUT2D eigenvalue weighted by Crippen LogP contribution is 2.13. The van der Waals surface area contributed by atoms with Crippen LogP contribution in [-0.2, 0) is 17.8 Å². The summed E-state index contributed by atoms with van der Waals surface area (Å²) in [4.78, 5) is 14.8. The van der Waals surface area contributed by atoms with Gasteiger partial charge in [-0.25, -0.2) is 0 Å². The molecule has 1 amide bonds. The van der Waals surface area contributed by atoms with Crippen LogP contribution in [0.4, 0.5) is 0 Å². The zero-order chi connectivity index (χ0) is 18.9. The first-order chi connectivity index (χ1) is 13.2. The zero-order valence-corrected chi connectivity index (χ0v) is 15.9. The second-order valence-electron chi connectivity index (χ2n) is 6.76. The number of morpholine rings is 1. The van der Waals surface area contributed by atoms with Crippen molar-refractivity contribution in [2.24, 2.45) is 0 Å². The molecular weight excluding hydrogens is 340 g/mol. The molecule has 5 heteroatoms. The molecule has 2 aromatic rings. The fourth-order valence-corrected chi connectivity index (χ4v) is 3.06. The van der Waals surface area contributed by atoms with Crippen LogP contribution < -0.4 is 10.1 Å². The van der Waals surface area contributed by atoms with Gasteiger partial charge in [-0.05, 0) is 41.8 Å². The molecule has 27 heavy (non-hydrogen) atoms. The molecule has 1 fully saturated rings. The first-order valence-corrected chi connectivity index (χ1v) is 9.63. The van der Waals surface area contributed by atoms with E-state index in [0.29, 0.717) is 18.7 Å². The normalized spacial score (nSPS) is 14.7. The smallest absolute Gasteiger partial charge is 0.251 e. The quantitative estimate of drug-likeness (QED) is 0.777. The van der Waals surface area contributed by atoms with Crippen LogP contribution in [0.3, 0.4) is 0 Å². The van der Waals surface area contributed by atoms with Gasteiger partial charge in [0.05, 0.1) is 19.8 Å². The standard InChI is InChI=1S/C22H28N2O3/c1-2-12-27-21-8-6-20(7-9-21)22(25)23-16-18-4-3-5-19(15-18)17-24-10-13-26-14-11-24/h3-9,15H,2,10-14,16-17H2,1H3,(H,23,25). The van der Waals surface area contributed by atoms with Crippen LogP contribution in [0.1, 0.15) is 34.8 Å². The van der Waals surface area contributed by atoms with E-state index in [1.165, 1.54) is 5.56 Å². The number of carbonyl (C=O) groups excluding carboxylic acids is 1. The van der Waals surface area contributed by atoms with E-state index in [1.54, 1.807) is 12.1 Å². The Morgan fingerprint density at radius 3 is 2.59 bits per heavy atom. The van der Waals surface area contributed by atoms with Crippen LogP contribution in [0, 0.1) is 0 Å². The van der Waals surface area contributed by atoms with Gasteiger partial charge in [0.15, 0.2) is 0 Å². The van der Waals surface area contributed by atoms with Crippen LogP contribution in [0.15, 0.2) is 48.5 Å². The Hall–Kier alpha value is -2.37. The Morgan fingerprint density at radius 1 is 1.11 bits per heavy atom. The van der Waals surface area contributed by atoms with Crippen molar-refractivity contribution >= 4 is 5.91 Å². The minimum Gasteiger partial charge on any atom is -0.494 e. The van der Waals surface area contributed by atoms with E-state index in [9.17, 15) is 4.79 Å². The minimum absolute atomic E-state index is 0.0735. The molecule has 0 unspecified atom stereocenters. The van der Waals surface area contributed by atoms with Crippen molar-refractivity contribution in [3.05, 3.63) is 65.2 Å². The average Bonchev–Trinajstić information content (AvgIpc) is 2.72. The molecule has 0 radical (unpaired) electrons. The van der Waals surface area contributed by atoms with E-state index in [0.717, 1.165) is 50.6 Å². The zero-order valence-electron chi connectivity index (χ0n) is 15.9. The molecule has 144 valence electrons. The number of hydrogen-bond acceptors (Lipinski definition) is 4. The average molecular weight is 368 g/mol. The van der Waals surface area contributed by atoms with Gasteiger partial charge in [0.1, 0.15) is 5.75 Å². The summed E-state index contributed by atoms with van der Waals surface area (Å²) in [5.41, 5.74) is 3.02. The lowest BCUT2D eigenvalue weighted by Gasteiger charge is -2.26. The van der Waals surface area contributed by atoms with Gasteiger partial charge in [-0.1, -0.05) is 31.2 Å². The number of hydrogen-bond donors (Lipinski definition) is 1. The first-order valence-electron chi connectivity index (χ1n) is 9.63. The Balaban J connectivity index is 1.51. The van der Waals surface area contributed by atoms with E-state index < -0.39 is 0 Å². The van der Waals surface area contributed by atoms with E-state index in [1.807, 2.05) is 18.2 Å². The summed E-state index contributed by atoms with van der Waals surface area (Å²) >= 11 is 0. The predicted octanol–water partition coefficient (Wildman–Crippen LogP) is 3.24. The molecular formula is C22H28N2O3. The molecule has 1 saturated heterocycles. The molecule has 0 atom stereocenters. The molecule has 0 aromatic heterocycles. The summed E-state index contributed by atoms with van der Waals surface area (Å²) in [5.74, 6) is 0.722. The summed E-state index contributed by atoms with van der Waals surface area (Å²) in [6.45, 7) is 7.74. The van der Waals surface area contributed by atoms with Crippen molar-refractivity contribution in [3.63, 3.8) is 0 Å². The Kier molecular flexibility index (Phi) is 7.25. The molecule has 5 nitrogen and oxygen atoms in total. The van der Waals surface area contributed by atoms with Gasteiger partial charge in [-0.2, -0.15) is 0 Å². The number of nitrogens with one attached hydrogen (secondary N) is 1. The number of amides is 1. The lowest BCUT2D eigenvalue weighted by molar-refractivity contribution is 0.0342. The molecule has 0 aliphatic carbocycles. The monoisotopic (exact) mass is 368 g/mol. The highest BCUT2D eigenvalue weighted by atomic mass is 16.5. The van der Waals surface area contributed by atoms with Crippen molar-refractivity contribution in [3.8, 4) is 5.75 Å². The van der Waals surface area contributed by atoms with Gasteiger partial charge >= 0.3 is 0 Å². The van der Waals surface area contributed by atoms with Crippen molar-refractivity contribution in [2.75, 3.05) is 32.9 Å². The van der Waals surface area contributed by atoms with Gasteiger partial charge in [-0.15, -0.1) is 0 Å². The van der Waals surface area contributed by atoms with E-state index >= 15 is 0 Å². The van der Waals surface area contributed by atoms with E-state index in [-0.39, 0.29) is 5.91 Å². The summed E-state index contributed by atoms with van der Waals surface area (Å²) < 4.78 is 10.9. The molecule has 1 N–H and O–H groups in total. The van der Waals surface area contributed by atoms with Crippen LogP contribution in [-0.4, -0.2) is 43.7 Å². The molecule has 0 saturated carbocycles. The number of nitrogens with zero attached hydrogens (tertiary/aromatic N) is 1. The fraction of sp³-hybridized carbons (Fsp3) is 0.409. The lowest BCUT2D eigenvalue weighted by Crippen LogP contribution is -2.35. The second kappa shape index (κ2) is 10.1. The van der Waals surface area contributed by atoms with Crippen LogP contribution in [0.5, 0.6) is 5.75 Å². The Morgan fingerprint density at radius 2 is 1.85 bits per heavy atom. The maximum absolute atomic E-state index is 12.4. The van der Waals surface area contributed by atoms with Crippen molar-refractivity contribution in [2.45, 2.75) is 26.4 Å². The van der Waals surface area contributed by atoms with E-state index in [4.69, 9.17) is 9.47 Å². The lowest BCUT2D eigenvalue weighted by atomic mass is 10.1. The van der Waals surface area contributed by atoms with Gasteiger partial charge in [0.25, 0.3) is 5.91 Å².